The summed E-state index contributed by atoms with van der Waals surface area (Å²) in [5.74, 6) is 0.750. The molecule has 0 bridgehead atoms. The van der Waals surface area contributed by atoms with Gasteiger partial charge in [0.15, 0.2) is 5.75 Å². The van der Waals surface area contributed by atoms with Crippen LogP contribution in [0.3, 0.4) is 0 Å². The summed E-state index contributed by atoms with van der Waals surface area (Å²) in [6.45, 7) is 8.15. The first-order chi connectivity index (χ1) is 9.19. The lowest BCUT2D eigenvalue weighted by molar-refractivity contribution is 0.292. The van der Waals surface area contributed by atoms with Gasteiger partial charge < -0.3 is 4.74 Å². The average Bonchev–Trinajstić information content (AvgIpc) is 3.00. The molecule has 0 aliphatic heterocycles. The average molecular weight is 283 g/mol. The first kappa shape index (κ1) is 13.9. The number of aryl methyl sites for hydroxylation is 3. The standard InChI is InChI=1S/C13H19ClN4O/c1-4-11-13(14)12(18(6-3)16-11)9-19-10-7-15-17(5-2)8-10/h7-8H,4-6,9H2,1-3H3. The normalized spacial score (nSPS) is 10.9. The third kappa shape index (κ3) is 2.92. The zero-order valence-corrected chi connectivity index (χ0v) is 12.3. The molecule has 2 aromatic heterocycles. The molecule has 0 aliphatic carbocycles. The Morgan fingerprint density at radius 2 is 2.05 bits per heavy atom. The van der Waals surface area contributed by atoms with E-state index >= 15 is 0 Å². The Hall–Kier alpha value is -1.49. The maximum absolute atomic E-state index is 6.32. The van der Waals surface area contributed by atoms with Crippen LogP contribution in [-0.2, 0) is 26.1 Å². The molecule has 0 saturated carbocycles. The summed E-state index contributed by atoms with van der Waals surface area (Å²) in [7, 11) is 0. The fraction of sp³-hybridized carbons (Fsp3) is 0.538. The Bertz CT molecular complexity index is 547. The van der Waals surface area contributed by atoms with E-state index in [0.717, 1.165) is 36.6 Å². The van der Waals surface area contributed by atoms with Gasteiger partial charge in [-0.25, -0.2) is 0 Å². The molecule has 0 aromatic carbocycles. The minimum atomic E-state index is 0.412. The zero-order chi connectivity index (χ0) is 13.8. The molecule has 0 N–H and O–H groups in total. The topological polar surface area (TPSA) is 44.9 Å². The molecular formula is C13H19ClN4O. The molecule has 0 spiro atoms. The fourth-order valence-electron chi connectivity index (χ4n) is 1.90. The van der Waals surface area contributed by atoms with Crippen LogP contribution in [0.2, 0.25) is 5.02 Å². The van der Waals surface area contributed by atoms with Crippen molar-refractivity contribution in [3.63, 3.8) is 0 Å². The first-order valence-corrected chi connectivity index (χ1v) is 6.96. The lowest BCUT2D eigenvalue weighted by atomic mass is 10.3. The summed E-state index contributed by atoms with van der Waals surface area (Å²) < 4.78 is 9.45. The lowest BCUT2D eigenvalue weighted by Gasteiger charge is -2.06. The lowest BCUT2D eigenvalue weighted by Crippen LogP contribution is -2.06. The van der Waals surface area contributed by atoms with Crippen LogP contribution in [0.1, 0.15) is 32.2 Å². The number of nitrogens with zero attached hydrogens (tertiary/aromatic N) is 4. The predicted octanol–water partition coefficient (Wildman–Crippen LogP) is 2.91. The van der Waals surface area contributed by atoms with Gasteiger partial charge in [0.05, 0.1) is 28.8 Å². The molecule has 0 saturated heterocycles. The second-order valence-corrected chi connectivity index (χ2v) is 4.58. The number of rotatable bonds is 6. The van der Waals surface area contributed by atoms with Gasteiger partial charge in [-0.3, -0.25) is 9.36 Å². The van der Waals surface area contributed by atoms with E-state index in [9.17, 15) is 0 Å². The summed E-state index contributed by atoms with van der Waals surface area (Å²) in [5, 5.41) is 9.35. The van der Waals surface area contributed by atoms with Crippen LogP contribution in [0.5, 0.6) is 5.75 Å². The highest BCUT2D eigenvalue weighted by Gasteiger charge is 2.14. The summed E-state index contributed by atoms with van der Waals surface area (Å²) in [5.41, 5.74) is 1.84. The Balaban J connectivity index is 2.12. The molecule has 6 heteroatoms. The van der Waals surface area contributed by atoms with Gasteiger partial charge in [-0.1, -0.05) is 18.5 Å². The van der Waals surface area contributed by atoms with Gasteiger partial charge in [-0.05, 0) is 20.3 Å². The molecule has 0 radical (unpaired) electrons. The third-order valence-electron chi connectivity index (χ3n) is 3.00. The highest BCUT2D eigenvalue weighted by molar-refractivity contribution is 6.31. The Kier molecular flexibility index (Phi) is 4.47. The second kappa shape index (κ2) is 6.10. The Morgan fingerprint density at radius 1 is 1.26 bits per heavy atom. The number of hydrogen-bond donors (Lipinski definition) is 0. The van der Waals surface area contributed by atoms with E-state index in [4.69, 9.17) is 16.3 Å². The predicted molar refractivity (Wildman–Crippen MR) is 74.5 cm³/mol. The molecule has 5 nitrogen and oxygen atoms in total. The van der Waals surface area contributed by atoms with E-state index in [0.29, 0.717) is 11.6 Å². The largest absolute Gasteiger partial charge is 0.484 e. The second-order valence-electron chi connectivity index (χ2n) is 4.20. The number of ether oxygens (including phenoxy) is 1. The van der Waals surface area contributed by atoms with Gasteiger partial charge in [0.2, 0.25) is 0 Å². The molecule has 104 valence electrons. The minimum absolute atomic E-state index is 0.412. The fourth-order valence-corrected chi connectivity index (χ4v) is 2.22. The summed E-state index contributed by atoms with van der Waals surface area (Å²) in [6, 6.07) is 0. The molecule has 0 atom stereocenters. The maximum Gasteiger partial charge on any atom is 0.157 e. The summed E-state index contributed by atoms with van der Waals surface area (Å²) >= 11 is 6.32. The Labute approximate surface area is 118 Å². The van der Waals surface area contributed by atoms with Crippen LogP contribution in [0.15, 0.2) is 12.4 Å². The van der Waals surface area contributed by atoms with Crippen LogP contribution in [0.4, 0.5) is 0 Å². The van der Waals surface area contributed by atoms with E-state index in [-0.39, 0.29) is 0 Å². The maximum atomic E-state index is 6.32. The van der Waals surface area contributed by atoms with Crippen molar-refractivity contribution in [2.24, 2.45) is 0 Å². The molecule has 2 heterocycles. The smallest absolute Gasteiger partial charge is 0.157 e. The quantitative estimate of drug-likeness (QED) is 0.818. The van der Waals surface area contributed by atoms with Crippen LogP contribution in [-0.4, -0.2) is 19.6 Å². The van der Waals surface area contributed by atoms with Gasteiger partial charge in [0.1, 0.15) is 6.61 Å². The zero-order valence-electron chi connectivity index (χ0n) is 11.6. The van der Waals surface area contributed by atoms with Crippen molar-refractivity contribution < 1.29 is 4.74 Å². The monoisotopic (exact) mass is 282 g/mol. The summed E-state index contributed by atoms with van der Waals surface area (Å²) in [4.78, 5) is 0. The van der Waals surface area contributed by atoms with Crippen LogP contribution in [0.25, 0.3) is 0 Å². The van der Waals surface area contributed by atoms with Crippen molar-refractivity contribution in [2.75, 3.05) is 0 Å². The minimum Gasteiger partial charge on any atom is -0.484 e. The molecule has 2 aromatic rings. The van der Waals surface area contributed by atoms with E-state index in [1.807, 2.05) is 36.3 Å². The highest BCUT2D eigenvalue weighted by Crippen LogP contribution is 2.23. The molecule has 0 aliphatic rings. The van der Waals surface area contributed by atoms with Crippen molar-refractivity contribution in [1.29, 1.82) is 0 Å². The highest BCUT2D eigenvalue weighted by atomic mass is 35.5. The first-order valence-electron chi connectivity index (χ1n) is 6.58. The van der Waals surface area contributed by atoms with Gasteiger partial charge in [-0.2, -0.15) is 10.2 Å². The van der Waals surface area contributed by atoms with E-state index in [1.165, 1.54) is 0 Å². The van der Waals surface area contributed by atoms with E-state index < -0.39 is 0 Å². The van der Waals surface area contributed by atoms with Gasteiger partial charge in [0, 0.05) is 13.1 Å². The van der Waals surface area contributed by atoms with Crippen LogP contribution >= 0.6 is 11.6 Å². The van der Waals surface area contributed by atoms with Crippen LogP contribution < -0.4 is 4.74 Å². The SMILES string of the molecule is CCc1nn(CC)c(COc2cnn(CC)c2)c1Cl. The third-order valence-corrected chi connectivity index (χ3v) is 3.44. The summed E-state index contributed by atoms with van der Waals surface area (Å²) in [6.07, 6.45) is 4.42. The molecular weight excluding hydrogens is 264 g/mol. The van der Waals surface area contributed by atoms with Crippen molar-refractivity contribution in [1.82, 2.24) is 19.6 Å². The molecule has 0 amide bonds. The van der Waals surface area contributed by atoms with Gasteiger partial charge >= 0.3 is 0 Å². The van der Waals surface area contributed by atoms with Crippen molar-refractivity contribution in [2.45, 2.75) is 46.9 Å². The number of hydrogen-bond acceptors (Lipinski definition) is 3. The van der Waals surface area contributed by atoms with Gasteiger partial charge in [0.25, 0.3) is 0 Å². The molecule has 19 heavy (non-hydrogen) atoms. The van der Waals surface area contributed by atoms with Crippen molar-refractivity contribution in [3.8, 4) is 5.75 Å². The molecule has 0 fully saturated rings. The van der Waals surface area contributed by atoms with Crippen molar-refractivity contribution >= 4 is 11.6 Å². The van der Waals surface area contributed by atoms with Crippen molar-refractivity contribution in [3.05, 3.63) is 28.8 Å². The molecule has 0 unspecified atom stereocenters. The van der Waals surface area contributed by atoms with E-state index in [2.05, 4.69) is 10.2 Å². The van der Waals surface area contributed by atoms with Crippen LogP contribution in [0, 0.1) is 0 Å². The van der Waals surface area contributed by atoms with E-state index in [1.54, 1.807) is 6.20 Å². The van der Waals surface area contributed by atoms with Gasteiger partial charge in [-0.15, -0.1) is 0 Å². The number of aromatic nitrogens is 4. The Morgan fingerprint density at radius 3 is 2.63 bits per heavy atom. The number of halogens is 1. The molecule has 2 rings (SSSR count).